The van der Waals surface area contributed by atoms with Crippen LogP contribution in [0, 0.1) is 0 Å². The summed E-state index contributed by atoms with van der Waals surface area (Å²) in [5, 5.41) is 3.33. The van der Waals surface area contributed by atoms with E-state index < -0.39 is 41.0 Å². The van der Waals surface area contributed by atoms with Crippen LogP contribution in [0.4, 0.5) is 26.3 Å². The third-order valence-electron chi connectivity index (χ3n) is 6.99. The van der Waals surface area contributed by atoms with Crippen LogP contribution in [0.3, 0.4) is 0 Å². The molecule has 1 N–H and O–H groups in total. The molecule has 0 spiro atoms. The zero-order valence-corrected chi connectivity index (χ0v) is 22.8. The lowest BCUT2D eigenvalue weighted by Gasteiger charge is -2.29. The molecule has 0 aliphatic carbocycles. The van der Waals surface area contributed by atoms with E-state index in [0.29, 0.717) is 23.7 Å². The number of likely N-dealkylation sites (N-methyl/N-ethyl adjacent to an activating group) is 1. The van der Waals surface area contributed by atoms with Crippen molar-refractivity contribution in [2.24, 2.45) is 0 Å². The van der Waals surface area contributed by atoms with Crippen molar-refractivity contribution < 1.29 is 35.9 Å². The molecule has 2 amide bonds. The van der Waals surface area contributed by atoms with Crippen molar-refractivity contribution in [3.05, 3.63) is 69.7 Å². The van der Waals surface area contributed by atoms with Gasteiger partial charge in [-0.2, -0.15) is 26.3 Å². The third kappa shape index (κ3) is 9.40. The van der Waals surface area contributed by atoms with Crippen LogP contribution in [0.25, 0.3) is 0 Å². The van der Waals surface area contributed by atoms with Gasteiger partial charge in [-0.15, -0.1) is 0 Å². The number of likely N-dealkylation sites (tertiary alicyclic amines) is 1. The molecule has 1 heterocycles. The summed E-state index contributed by atoms with van der Waals surface area (Å²) < 4.78 is 80.2. The van der Waals surface area contributed by atoms with Gasteiger partial charge < -0.3 is 15.1 Å². The highest BCUT2D eigenvalue weighted by molar-refractivity contribution is 6.30. The zero-order chi connectivity index (χ0) is 29.5. The fraction of sp³-hybridized carbons (Fsp3) is 0.500. The average molecular weight is 592 g/mol. The summed E-state index contributed by atoms with van der Waals surface area (Å²) in [6.45, 7) is 3.14. The second-order valence-corrected chi connectivity index (χ2v) is 10.4. The SMILES string of the molecule is CN(C(=O)c1cc(C(F)(F)F)cc(C(F)(F)F)c1)C(CCC(=O)NCCN1CCCCC1)Cc1ccc(Cl)cc1. The Morgan fingerprint density at radius 2 is 1.52 bits per heavy atom. The van der Waals surface area contributed by atoms with E-state index in [1.54, 1.807) is 24.3 Å². The molecule has 12 heteroatoms. The number of carbonyl (C=O) groups is 2. The van der Waals surface area contributed by atoms with Gasteiger partial charge in [0.25, 0.3) is 5.91 Å². The van der Waals surface area contributed by atoms with E-state index in [4.69, 9.17) is 11.6 Å². The molecule has 220 valence electrons. The molecule has 1 atom stereocenters. The standard InChI is InChI=1S/C28H32ClF6N3O2/c1-37(26(40)20-16-21(27(30,31)32)18-22(17-20)28(33,34)35)24(15-19-5-7-23(29)8-6-19)9-10-25(39)36-11-14-38-12-3-2-4-13-38/h5-8,16-18,24H,2-4,9-15H2,1H3,(H,36,39). The van der Waals surface area contributed by atoms with Gasteiger partial charge in [-0.05, 0) is 74.7 Å². The molecule has 0 bridgehead atoms. The predicted octanol–water partition coefficient (Wildman–Crippen LogP) is 6.44. The van der Waals surface area contributed by atoms with Gasteiger partial charge in [0.15, 0.2) is 0 Å². The second-order valence-electron chi connectivity index (χ2n) is 9.99. The molecule has 0 saturated carbocycles. The largest absolute Gasteiger partial charge is 0.416 e. The molecule has 1 fully saturated rings. The summed E-state index contributed by atoms with van der Waals surface area (Å²) in [6.07, 6.45) is -6.34. The van der Waals surface area contributed by atoms with Crippen molar-refractivity contribution in [2.75, 3.05) is 33.2 Å². The quantitative estimate of drug-likeness (QED) is 0.324. The Labute approximate surface area is 234 Å². The Kier molecular flexibility index (Phi) is 10.9. The molecule has 3 rings (SSSR count). The Hall–Kier alpha value is -2.79. The topological polar surface area (TPSA) is 52.7 Å². The van der Waals surface area contributed by atoms with Crippen LogP contribution in [-0.2, 0) is 23.6 Å². The van der Waals surface area contributed by atoms with Crippen LogP contribution < -0.4 is 5.32 Å². The molecular weight excluding hydrogens is 560 g/mol. The lowest BCUT2D eigenvalue weighted by atomic mass is 9.98. The fourth-order valence-electron chi connectivity index (χ4n) is 4.70. The molecule has 1 aliphatic rings. The highest BCUT2D eigenvalue weighted by Gasteiger charge is 2.38. The van der Waals surface area contributed by atoms with Crippen LogP contribution >= 0.6 is 11.6 Å². The van der Waals surface area contributed by atoms with Gasteiger partial charge in [0.05, 0.1) is 11.1 Å². The molecule has 0 radical (unpaired) electrons. The van der Waals surface area contributed by atoms with E-state index >= 15 is 0 Å². The van der Waals surface area contributed by atoms with Crippen molar-refractivity contribution in [1.82, 2.24) is 15.1 Å². The summed E-state index contributed by atoms with van der Waals surface area (Å²) in [6, 6.07) is 6.80. The molecule has 1 aliphatic heterocycles. The number of hydrogen-bond donors (Lipinski definition) is 1. The van der Waals surface area contributed by atoms with Crippen molar-refractivity contribution in [2.45, 2.75) is 56.9 Å². The molecule has 1 unspecified atom stereocenters. The summed E-state index contributed by atoms with van der Waals surface area (Å²) in [5.74, 6) is -1.27. The van der Waals surface area contributed by atoms with Crippen LogP contribution in [0.5, 0.6) is 0 Å². The second kappa shape index (κ2) is 13.7. The first-order valence-corrected chi connectivity index (χ1v) is 13.4. The fourth-order valence-corrected chi connectivity index (χ4v) is 4.82. The van der Waals surface area contributed by atoms with Crippen LogP contribution in [-0.4, -0.2) is 60.9 Å². The first-order valence-electron chi connectivity index (χ1n) is 13.0. The molecule has 2 aromatic rings. The van der Waals surface area contributed by atoms with Crippen LogP contribution in [0.2, 0.25) is 5.02 Å². The summed E-state index contributed by atoms with van der Waals surface area (Å²) in [5.41, 5.74) is -3.14. The first kappa shape index (κ1) is 31.7. The molecule has 5 nitrogen and oxygen atoms in total. The van der Waals surface area contributed by atoms with Crippen molar-refractivity contribution in [3.63, 3.8) is 0 Å². The van der Waals surface area contributed by atoms with E-state index in [2.05, 4.69) is 10.2 Å². The number of amides is 2. The third-order valence-corrected chi connectivity index (χ3v) is 7.24. The van der Waals surface area contributed by atoms with E-state index in [1.165, 1.54) is 13.5 Å². The van der Waals surface area contributed by atoms with Crippen molar-refractivity contribution in [1.29, 1.82) is 0 Å². The number of hydrogen-bond acceptors (Lipinski definition) is 3. The summed E-state index contributed by atoms with van der Waals surface area (Å²) in [7, 11) is 1.31. The highest BCUT2D eigenvalue weighted by atomic mass is 35.5. The number of halogens is 7. The van der Waals surface area contributed by atoms with Crippen molar-refractivity contribution >= 4 is 23.4 Å². The Morgan fingerprint density at radius 1 is 0.950 bits per heavy atom. The minimum atomic E-state index is -5.08. The van der Waals surface area contributed by atoms with Gasteiger partial charge in [-0.25, -0.2) is 0 Å². The number of alkyl halides is 6. The number of carbonyl (C=O) groups excluding carboxylic acids is 2. The maximum absolute atomic E-state index is 13.4. The minimum absolute atomic E-state index is 0.0177. The molecule has 1 saturated heterocycles. The van der Waals surface area contributed by atoms with Gasteiger partial charge >= 0.3 is 12.4 Å². The maximum Gasteiger partial charge on any atom is 0.416 e. The molecule has 40 heavy (non-hydrogen) atoms. The molecule has 2 aromatic carbocycles. The number of rotatable bonds is 10. The van der Waals surface area contributed by atoms with Gasteiger partial charge in [0.1, 0.15) is 0 Å². The van der Waals surface area contributed by atoms with E-state index in [0.717, 1.165) is 42.9 Å². The van der Waals surface area contributed by atoms with Crippen LogP contribution in [0.1, 0.15) is 59.2 Å². The minimum Gasteiger partial charge on any atom is -0.355 e. The first-order chi connectivity index (χ1) is 18.7. The van der Waals surface area contributed by atoms with Gasteiger partial charge in [0, 0.05) is 43.2 Å². The average Bonchev–Trinajstić information content (AvgIpc) is 2.90. The number of piperidine rings is 1. The van der Waals surface area contributed by atoms with Crippen LogP contribution in [0.15, 0.2) is 42.5 Å². The Morgan fingerprint density at radius 3 is 2.08 bits per heavy atom. The van der Waals surface area contributed by atoms with E-state index in [9.17, 15) is 35.9 Å². The monoisotopic (exact) mass is 591 g/mol. The van der Waals surface area contributed by atoms with E-state index in [1.807, 2.05) is 0 Å². The highest BCUT2D eigenvalue weighted by Crippen LogP contribution is 2.36. The Bertz CT molecular complexity index is 1120. The van der Waals surface area contributed by atoms with Crippen molar-refractivity contribution in [3.8, 4) is 0 Å². The lowest BCUT2D eigenvalue weighted by molar-refractivity contribution is -0.143. The zero-order valence-electron chi connectivity index (χ0n) is 22.0. The van der Waals surface area contributed by atoms with Gasteiger partial charge in [-0.1, -0.05) is 30.2 Å². The number of benzene rings is 2. The smallest absolute Gasteiger partial charge is 0.355 e. The maximum atomic E-state index is 13.4. The summed E-state index contributed by atoms with van der Waals surface area (Å²) in [4.78, 5) is 29.2. The molecule has 0 aromatic heterocycles. The number of nitrogens with one attached hydrogen (secondary N) is 1. The van der Waals surface area contributed by atoms with E-state index in [-0.39, 0.29) is 31.2 Å². The van der Waals surface area contributed by atoms with Gasteiger partial charge in [-0.3, -0.25) is 9.59 Å². The normalized spacial score (nSPS) is 15.5. The molecular formula is C28H32ClF6N3O2. The Balaban J connectivity index is 1.76. The lowest BCUT2D eigenvalue weighted by Crippen LogP contribution is -2.40. The van der Waals surface area contributed by atoms with Gasteiger partial charge in [0.2, 0.25) is 5.91 Å². The summed E-state index contributed by atoms with van der Waals surface area (Å²) >= 11 is 5.95. The predicted molar refractivity (Wildman–Crippen MR) is 140 cm³/mol. The number of nitrogens with zero attached hydrogens (tertiary/aromatic N) is 2.